The molecule has 0 aliphatic heterocycles. The van der Waals surface area contributed by atoms with Crippen molar-refractivity contribution in [1.82, 2.24) is 10.4 Å². The number of nitrogens with zero attached hydrogens (tertiary/aromatic N) is 1. The third-order valence-corrected chi connectivity index (χ3v) is 8.71. The minimum absolute atomic E-state index is 0.138. The van der Waals surface area contributed by atoms with Gasteiger partial charge in [0.2, 0.25) is 0 Å². The summed E-state index contributed by atoms with van der Waals surface area (Å²) in [5.41, 5.74) is 5.11. The van der Waals surface area contributed by atoms with E-state index in [0.717, 1.165) is 4.47 Å². The van der Waals surface area contributed by atoms with Crippen molar-refractivity contribution in [2.24, 2.45) is 5.10 Å². The van der Waals surface area contributed by atoms with Crippen LogP contribution >= 0.6 is 71.0 Å². The number of amides is 1. The van der Waals surface area contributed by atoms with Crippen molar-refractivity contribution in [2.45, 2.75) is 0 Å². The number of hydrazone groups is 1. The van der Waals surface area contributed by atoms with Crippen LogP contribution in [-0.4, -0.2) is 37.3 Å². The molecule has 0 unspecified atom stereocenters. The number of carbonyl (C=O) groups excluding carboxylic acids is 2. The number of benzene rings is 4. The van der Waals surface area contributed by atoms with Crippen LogP contribution in [0.1, 0.15) is 26.4 Å². The zero-order chi connectivity index (χ0) is 31.5. The second kappa shape index (κ2) is 13.7. The lowest BCUT2D eigenvalue weighted by Crippen LogP contribution is -2.19. The van der Waals surface area contributed by atoms with Gasteiger partial charge in [0.1, 0.15) is 22.8 Å². The van der Waals surface area contributed by atoms with Gasteiger partial charge in [-0.2, -0.15) is 5.10 Å². The number of nitrogens with one attached hydrogen (secondary N) is 2. The molecule has 0 bridgehead atoms. The van der Waals surface area contributed by atoms with Crippen LogP contribution in [0.3, 0.4) is 0 Å². The standard InChI is InChI=1S/C31H20Br3Cl2N3O5/c1-42-23-9-7-17(35)13-19(23)31(41)44-29-15(11-16(32)12-21(29)34)14-37-39-30(40)28-25(18-5-3-4-6-22(18)36)26-20(33)8-10-24(43-2)27(26)38-28/h3-14,38H,1-2H3,(H,39,40). The number of hydrogen-bond acceptors (Lipinski definition) is 6. The second-order valence-corrected chi connectivity index (χ2v) is 12.6. The van der Waals surface area contributed by atoms with Crippen LogP contribution in [0, 0.1) is 0 Å². The molecule has 44 heavy (non-hydrogen) atoms. The van der Waals surface area contributed by atoms with E-state index in [-0.39, 0.29) is 17.0 Å². The van der Waals surface area contributed by atoms with E-state index < -0.39 is 11.9 Å². The first-order valence-corrected chi connectivity index (χ1v) is 15.8. The Morgan fingerprint density at radius 1 is 0.909 bits per heavy atom. The van der Waals surface area contributed by atoms with Crippen molar-refractivity contribution in [1.29, 1.82) is 0 Å². The molecule has 4 aromatic carbocycles. The number of esters is 1. The molecule has 224 valence electrons. The van der Waals surface area contributed by atoms with Gasteiger partial charge in [-0.25, -0.2) is 10.2 Å². The van der Waals surface area contributed by atoms with Crippen LogP contribution in [0.5, 0.6) is 17.2 Å². The highest BCUT2D eigenvalue weighted by Gasteiger charge is 2.24. The van der Waals surface area contributed by atoms with E-state index in [9.17, 15) is 9.59 Å². The number of aromatic amines is 1. The molecule has 0 saturated carbocycles. The molecule has 2 N–H and O–H groups in total. The summed E-state index contributed by atoms with van der Waals surface area (Å²) in [7, 11) is 2.99. The Morgan fingerprint density at radius 3 is 2.36 bits per heavy atom. The maximum Gasteiger partial charge on any atom is 0.347 e. The molecule has 1 aromatic heterocycles. The number of carbonyl (C=O) groups is 2. The van der Waals surface area contributed by atoms with Gasteiger partial charge in [-0.3, -0.25) is 4.79 Å². The van der Waals surface area contributed by atoms with E-state index in [1.165, 1.54) is 19.4 Å². The van der Waals surface area contributed by atoms with Crippen molar-refractivity contribution in [2.75, 3.05) is 14.2 Å². The number of hydrogen-bond donors (Lipinski definition) is 2. The lowest BCUT2D eigenvalue weighted by molar-refractivity contribution is 0.0729. The van der Waals surface area contributed by atoms with Crippen molar-refractivity contribution >= 4 is 100.0 Å². The zero-order valence-electron chi connectivity index (χ0n) is 22.8. The molecule has 5 aromatic rings. The van der Waals surface area contributed by atoms with Gasteiger partial charge >= 0.3 is 5.97 Å². The van der Waals surface area contributed by atoms with E-state index in [1.54, 1.807) is 43.5 Å². The summed E-state index contributed by atoms with van der Waals surface area (Å²) < 4.78 is 18.4. The first-order chi connectivity index (χ1) is 21.1. The van der Waals surface area contributed by atoms with Gasteiger partial charge in [-0.1, -0.05) is 73.3 Å². The summed E-state index contributed by atoms with van der Waals surface area (Å²) >= 11 is 23.2. The van der Waals surface area contributed by atoms with Gasteiger partial charge in [-0.15, -0.1) is 0 Å². The van der Waals surface area contributed by atoms with Crippen LogP contribution < -0.4 is 19.6 Å². The van der Waals surface area contributed by atoms with Gasteiger partial charge in [-0.05, 0) is 64.5 Å². The van der Waals surface area contributed by atoms with Crippen molar-refractivity contribution < 1.29 is 23.8 Å². The predicted octanol–water partition coefficient (Wildman–Crippen LogP) is 9.43. The Balaban J connectivity index is 1.50. The molecule has 0 fully saturated rings. The lowest BCUT2D eigenvalue weighted by atomic mass is 10.0. The molecule has 0 spiro atoms. The summed E-state index contributed by atoms with van der Waals surface area (Å²) in [6.45, 7) is 0. The third-order valence-electron chi connectivity index (χ3n) is 6.44. The molecule has 8 nitrogen and oxygen atoms in total. The Morgan fingerprint density at radius 2 is 1.64 bits per heavy atom. The third kappa shape index (κ3) is 6.52. The number of H-pyrrole nitrogens is 1. The molecule has 0 aliphatic rings. The van der Waals surface area contributed by atoms with Gasteiger partial charge in [0.05, 0.1) is 30.4 Å². The van der Waals surface area contributed by atoms with Crippen LogP contribution in [0.4, 0.5) is 0 Å². The zero-order valence-corrected chi connectivity index (χ0v) is 29.1. The Hall–Kier alpha value is -3.35. The Labute approximate surface area is 287 Å². The summed E-state index contributed by atoms with van der Waals surface area (Å²) in [4.78, 5) is 29.9. The first kappa shape index (κ1) is 32.1. The summed E-state index contributed by atoms with van der Waals surface area (Å²) in [5, 5.41) is 5.70. The normalized spacial score (nSPS) is 11.2. The fourth-order valence-electron chi connectivity index (χ4n) is 4.50. The summed E-state index contributed by atoms with van der Waals surface area (Å²) in [5.74, 6) is -0.244. The lowest BCUT2D eigenvalue weighted by Gasteiger charge is -2.12. The van der Waals surface area contributed by atoms with Crippen LogP contribution in [0.15, 0.2) is 85.2 Å². The molecular formula is C31H20Br3Cl2N3O5. The minimum Gasteiger partial charge on any atom is -0.496 e. The molecule has 1 heterocycles. The van der Waals surface area contributed by atoms with Crippen LogP contribution in [0.2, 0.25) is 10.0 Å². The molecule has 1 amide bonds. The smallest absolute Gasteiger partial charge is 0.347 e. The van der Waals surface area contributed by atoms with E-state index >= 15 is 0 Å². The number of halogens is 5. The Kier molecular flexibility index (Phi) is 10.0. The summed E-state index contributed by atoms with van der Waals surface area (Å²) in [6.07, 6.45) is 1.36. The molecule has 13 heteroatoms. The van der Waals surface area contributed by atoms with Gasteiger partial charge in [0, 0.05) is 41.1 Å². The highest BCUT2D eigenvalue weighted by atomic mass is 79.9. The van der Waals surface area contributed by atoms with Gasteiger partial charge in [0.15, 0.2) is 5.75 Å². The van der Waals surface area contributed by atoms with Crippen molar-refractivity contribution in [3.63, 3.8) is 0 Å². The van der Waals surface area contributed by atoms with Crippen molar-refractivity contribution in [3.8, 4) is 28.4 Å². The monoisotopic (exact) mass is 821 g/mol. The molecule has 5 rings (SSSR count). The number of methoxy groups -OCH3 is 2. The topological polar surface area (TPSA) is 102 Å². The summed E-state index contributed by atoms with van der Waals surface area (Å²) in [6, 6.07) is 18.8. The maximum atomic E-state index is 13.6. The molecule has 0 radical (unpaired) electrons. The molecule has 0 aliphatic carbocycles. The van der Waals surface area contributed by atoms with Gasteiger partial charge < -0.3 is 19.2 Å². The molecule has 0 atom stereocenters. The SMILES string of the molecule is COc1ccc(Cl)cc1C(=O)Oc1c(Br)cc(Br)cc1C=NNC(=O)c1[nH]c2c(OC)ccc(Br)c2c1-c1ccccc1Cl. The first-order valence-electron chi connectivity index (χ1n) is 12.6. The maximum absolute atomic E-state index is 13.6. The van der Waals surface area contributed by atoms with Crippen LogP contribution in [-0.2, 0) is 0 Å². The van der Waals surface area contributed by atoms with E-state index in [2.05, 4.69) is 63.3 Å². The number of rotatable bonds is 8. The average Bonchev–Trinajstić information content (AvgIpc) is 3.40. The Bertz CT molecular complexity index is 1960. The largest absolute Gasteiger partial charge is 0.496 e. The second-order valence-electron chi connectivity index (χ2n) is 9.09. The fraction of sp³-hybridized carbons (Fsp3) is 0.0645. The molecular weight excluding hydrogens is 805 g/mol. The van der Waals surface area contributed by atoms with E-state index in [0.29, 0.717) is 58.1 Å². The number of aromatic nitrogens is 1. The number of ether oxygens (including phenoxy) is 3. The average molecular weight is 825 g/mol. The predicted molar refractivity (Wildman–Crippen MR) is 183 cm³/mol. The van der Waals surface area contributed by atoms with E-state index in [4.69, 9.17) is 37.4 Å². The fourth-order valence-corrected chi connectivity index (χ4v) is 6.77. The van der Waals surface area contributed by atoms with Crippen molar-refractivity contribution in [3.05, 3.63) is 107 Å². The quantitative estimate of drug-likeness (QED) is 0.0703. The van der Waals surface area contributed by atoms with Crippen LogP contribution in [0.25, 0.3) is 22.0 Å². The van der Waals surface area contributed by atoms with Gasteiger partial charge in [0.25, 0.3) is 5.91 Å². The minimum atomic E-state index is -0.701. The highest BCUT2D eigenvalue weighted by molar-refractivity contribution is 9.11. The van der Waals surface area contributed by atoms with E-state index in [1.807, 2.05) is 24.3 Å². The molecule has 0 saturated heterocycles. The number of fused-ring (bicyclic) bond motifs is 1. The highest BCUT2D eigenvalue weighted by Crippen LogP contribution is 2.43.